The van der Waals surface area contributed by atoms with Gasteiger partial charge in [0.2, 0.25) is 0 Å². The number of hydrogen-bond acceptors (Lipinski definition) is 7. The molecule has 0 saturated heterocycles. The Hall–Kier alpha value is -3.01. The Labute approximate surface area is 191 Å². The van der Waals surface area contributed by atoms with Gasteiger partial charge in [0.1, 0.15) is 18.5 Å². The van der Waals surface area contributed by atoms with Crippen LogP contribution in [0.15, 0.2) is 65.6 Å². The molecule has 2 aromatic rings. The maximum Gasteiger partial charge on any atom is 0.412 e. The largest absolute Gasteiger partial charge is 0.491 e. The minimum absolute atomic E-state index is 0.122. The average molecular weight is 461 g/mol. The topological polar surface area (TPSA) is 117 Å². The standard InChI is InChI=1S/C23H28N2O6S/c1-32-18-13-11-17(12-14-18)24-23(28)31-21(9-3-2-4-10-22(27)25-29)19-7-5-6-8-20(19)30-16-15-26/h4-8,10-14,21,26,29H,2-3,9,15-16H2,1H3,(H,24,28)(H,25,27)/b10-4+/t21-/m0/s1. The van der Waals surface area contributed by atoms with Crippen molar-refractivity contribution in [2.24, 2.45) is 0 Å². The van der Waals surface area contributed by atoms with E-state index in [0.717, 1.165) is 4.90 Å². The summed E-state index contributed by atoms with van der Waals surface area (Å²) in [5.74, 6) is -0.0775. The molecule has 9 heteroatoms. The highest BCUT2D eigenvalue weighted by molar-refractivity contribution is 7.98. The van der Waals surface area contributed by atoms with E-state index in [1.165, 1.54) is 11.6 Å². The van der Waals surface area contributed by atoms with E-state index in [4.69, 9.17) is 19.8 Å². The minimum Gasteiger partial charge on any atom is -0.491 e. The average Bonchev–Trinajstić information content (AvgIpc) is 2.82. The van der Waals surface area contributed by atoms with Gasteiger partial charge in [-0.05, 0) is 55.9 Å². The van der Waals surface area contributed by atoms with Gasteiger partial charge in [-0.15, -0.1) is 11.8 Å². The number of hydroxylamine groups is 1. The molecule has 0 aliphatic rings. The molecular formula is C23H28N2O6S. The first kappa shape index (κ1) is 25.3. The van der Waals surface area contributed by atoms with Gasteiger partial charge in [-0.3, -0.25) is 15.3 Å². The molecule has 8 nitrogen and oxygen atoms in total. The van der Waals surface area contributed by atoms with Crippen molar-refractivity contribution in [1.29, 1.82) is 0 Å². The summed E-state index contributed by atoms with van der Waals surface area (Å²) < 4.78 is 11.3. The first-order valence-electron chi connectivity index (χ1n) is 10.1. The molecule has 4 N–H and O–H groups in total. The number of carbonyl (C=O) groups excluding carboxylic acids is 2. The normalized spacial score (nSPS) is 11.7. The number of nitrogens with one attached hydrogen (secondary N) is 2. The lowest BCUT2D eigenvalue weighted by Gasteiger charge is -2.21. The highest BCUT2D eigenvalue weighted by Crippen LogP contribution is 2.32. The van der Waals surface area contributed by atoms with Gasteiger partial charge in [-0.25, -0.2) is 10.3 Å². The molecule has 2 rings (SSSR count). The first-order valence-corrected chi connectivity index (χ1v) is 11.3. The lowest BCUT2D eigenvalue weighted by molar-refractivity contribution is -0.124. The lowest BCUT2D eigenvalue weighted by atomic mass is 10.0. The second-order valence-electron chi connectivity index (χ2n) is 6.67. The number of rotatable bonds is 12. The van der Waals surface area contributed by atoms with Crippen LogP contribution in [-0.2, 0) is 9.53 Å². The van der Waals surface area contributed by atoms with Crippen molar-refractivity contribution in [2.75, 3.05) is 24.8 Å². The van der Waals surface area contributed by atoms with Gasteiger partial charge in [0, 0.05) is 22.2 Å². The van der Waals surface area contributed by atoms with Crippen LogP contribution in [0.5, 0.6) is 5.75 Å². The van der Waals surface area contributed by atoms with Crippen LogP contribution in [0.3, 0.4) is 0 Å². The number of para-hydroxylation sites is 1. The van der Waals surface area contributed by atoms with Crippen molar-refractivity contribution in [1.82, 2.24) is 5.48 Å². The number of aliphatic hydroxyl groups excluding tert-OH is 1. The Morgan fingerprint density at radius 2 is 1.91 bits per heavy atom. The molecule has 0 saturated carbocycles. The van der Waals surface area contributed by atoms with E-state index in [-0.39, 0.29) is 13.2 Å². The zero-order valence-electron chi connectivity index (χ0n) is 17.8. The molecular weight excluding hydrogens is 432 g/mol. The summed E-state index contributed by atoms with van der Waals surface area (Å²) in [6.07, 6.45) is 5.28. The van der Waals surface area contributed by atoms with Crippen LogP contribution < -0.4 is 15.5 Å². The van der Waals surface area contributed by atoms with Crippen molar-refractivity contribution in [3.8, 4) is 5.75 Å². The fraction of sp³-hybridized carbons (Fsp3) is 0.304. The van der Waals surface area contributed by atoms with E-state index in [1.807, 2.05) is 30.5 Å². The third kappa shape index (κ3) is 8.62. The monoisotopic (exact) mass is 460 g/mol. The van der Waals surface area contributed by atoms with Gasteiger partial charge < -0.3 is 14.6 Å². The Balaban J connectivity index is 2.09. The van der Waals surface area contributed by atoms with Crippen LogP contribution >= 0.6 is 11.8 Å². The molecule has 0 fully saturated rings. The van der Waals surface area contributed by atoms with E-state index in [2.05, 4.69) is 5.32 Å². The number of amides is 2. The van der Waals surface area contributed by atoms with Crippen LogP contribution in [0.4, 0.5) is 10.5 Å². The number of hydrogen-bond donors (Lipinski definition) is 4. The summed E-state index contributed by atoms with van der Waals surface area (Å²) in [7, 11) is 0. The number of anilines is 1. The Bertz CT molecular complexity index is 888. The van der Waals surface area contributed by atoms with Crippen LogP contribution in [-0.4, -0.2) is 41.8 Å². The molecule has 0 aliphatic heterocycles. The number of ether oxygens (including phenoxy) is 2. The summed E-state index contributed by atoms with van der Waals surface area (Å²) in [5.41, 5.74) is 2.84. The predicted octanol–water partition coefficient (Wildman–Crippen LogP) is 4.30. The number of allylic oxidation sites excluding steroid dienone is 1. The molecule has 0 heterocycles. The van der Waals surface area contributed by atoms with E-state index < -0.39 is 18.1 Å². The zero-order valence-corrected chi connectivity index (χ0v) is 18.6. The first-order chi connectivity index (χ1) is 15.6. The maximum atomic E-state index is 12.6. The molecule has 0 aliphatic carbocycles. The van der Waals surface area contributed by atoms with Gasteiger partial charge in [0.25, 0.3) is 5.91 Å². The highest BCUT2D eigenvalue weighted by Gasteiger charge is 2.20. The van der Waals surface area contributed by atoms with Crippen LogP contribution in [0.25, 0.3) is 0 Å². The number of aliphatic hydroxyl groups is 1. The minimum atomic E-state index is -0.604. The van der Waals surface area contributed by atoms with Crippen molar-refractivity contribution < 1.29 is 29.4 Å². The van der Waals surface area contributed by atoms with Crippen molar-refractivity contribution in [3.63, 3.8) is 0 Å². The molecule has 0 radical (unpaired) electrons. The van der Waals surface area contributed by atoms with Crippen LogP contribution in [0.2, 0.25) is 0 Å². The lowest BCUT2D eigenvalue weighted by Crippen LogP contribution is -2.18. The fourth-order valence-electron chi connectivity index (χ4n) is 2.91. The number of benzene rings is 2. The Morgan fingerprint density at radius 3 is 2.59 bits per heavy atom. The molecule has 0 bridgehead atoms. The Kier molecular flexibility index (Phi) is 11.1. The summed E-state index contributed by atoms with van der Waals surface area (Å²) in [4.78, 5) is 24.7. The zero-order chi connectivity index (χ0) is 23.2. The predicted molar refractivity (Wildman–Crippen MR) is 123 cm³/mol. The third-order valence-electron chi connectivity index (χ3n) is 4.42. The van der Waals surface area contributed by atoms with Crippen molar-refractivity contribution >= 4 is 29.4 Å². The summed E-state index contributed by atoms with van der Waals surface area (Å²) >= 11 is 1.61. The van der Waals surface area contributed by atoms with Gasteiger partial charge in [-0.2, -0.15) is 0 Å². The smallest absolute Gasteiger partial charge is 0.412 e. The van der Waals surface area contributed by atoms with Crippen molar-refractivity contribution in [2.45, 2.75) is 30.3 Å². The van der Waals surface area contributed by atoms with E-state index in [9.17, 15) is 9.59 Å². The Morgan fingerprint density at radius 1 is 1.16 bits per heavy atom. The van der Waals surface area contributed by atoms with E-state index >= 15 is 0 Å². The fourth-order valence-corrected chi connectivity index (χ4v) is 3.32. The number of thioether (sulfide) groups is 1. The molecule has 32 heavy (non-hydrogen) atoms. The second-order valence-corrected chi connectivity index (χ2v) is 7.55. The molecule has 2 aromatic carbocycles. The SMILES string of the molecule is CSc1ccc(NC(=O)O[C@@H](CCC/C=C/C(=O)NO)c2ccccc2OCCO)cc1. The van der Waals surface area contributed by atoms with E-state index in [0.29, 0.717) is 36.3 Å². The van der Waals surface area contributed by atoms with Gasteiger partial charge in [-0.1, -0.05) is 24.3 Å². The van der Waals surface area contributed by atoms with Gasteiger partial charge in [0.15, 0.2) is 0 Å². The summed E-state index contributed by atoms with van der Waals surface area (Å²) in [5, 5.41) is 20.4. The van der Waals surface area contributed by atoms with Gasteiger partial charge >= 0.3 is 6.09 Å². The van der Waals surface area contributed by atoms with Crippen LogP contribution in [0.1, 0.15) is 30.9 Å². The van der Waals surface area contributed by atoms with Gasteiger partial charge in [0.05, 0.1) is 6.61 Å². The van der Waals surface area contributed by atoms with Crippen molar-refractivity contribution in [3.05, 3.63) is 66.2 Å². The second kappa shape index (κ2) is 14.1. The highest BCUT2D eigenvalue weighted by atomic mass is 32.2. The third-order valence-corrected chi connectivity index (χ3v) is 5.16. The van der Waals surface area contributed by atoms with E-state index in [1.54, 1.807) is 42.1 Å². The molecule has 0 spiro atoms. The summed E-state index contributed by atoms with van der Waals surface area (Å²) in [6, 6.07) is 14.6. The number of carbonyl (C=O) groups is 2. The maximum absolute atomic E-state index is 12.6. The molecule has 1 atom stereocenters. The number of unbranched alkanes of at least 4 members (excludes halogenated alkanes) is 1. The molecule has 0 aromatic heterocycles. The molecule has 172 valence electrons. The quantitative estimate of drug-likeness (QED) is 0.123. The summed E-state index contributed by atoms with van der Waals surface area (Å²) in [6.45, 7) is -0.0131. The molecule has 2 amide bonds. The molecule has 0 unspecified atom stereocenters. The van der Waals surface area contributed by atoms with Crippen LogP contribution in [0, 0.1) is 0 Å².